The molecule has 1 aromatic carbocycles. The largest absolute Gasteiger partial charge is 0.364 e. The lowest BCUT2D eigenvalue weighted by atomic mass is 9.86. The second-order valence-corrected chi connectivity index (χ2v) is 5.29. The molecule has 0 bridgehead atoms. The molecule has 1 heterocycles. The Hall–Kier alpha value is -1.30. The van der Waals surface area contributed by atoms with Crippen molar-refractivity contribution in [2.24, 2.45) is 5.92 Å². The van der Waals surface area contributed by atoms with Crippen molar-refractivity contribution in [1.82, 2.24) is 5.32 Å². The number of nitrogens with zero attached hydrogens (tertiary/aromatic N) is 1. The van der Waals surface area contributed by atoms with Crippen LogP contribution in [-0.2, 0) is 0 Å². The minimum Gasteiger partial charge on any atom is -0.364 e. The number of hydrogen-bond donors (Lipinski definition) is 1. The highest BCUT2D eigenvalue weighted by molar-refractivity contribution is 5.51. The topological polar surface area (TPSA) is 15.3 Å². The van der Waals surface area contributed by atoms with Gasteiger partial charge in [-0.25, -0.2) is 17.6 Å². The van der Waals surface area contributed by atoms with E-state index in [2.05, 4.69) is 5.32 Å². The van der Waals surface area contributed by atoms with Gasteiger partial charge in [-0.3, -0.25) is 0 Å². The van der Waals surface area contributed by atoms with Gasteiger partial charge in [0.2, 0.25) is 0 Å². The van der Waals surface area contributed by atoms with E-state index in [0.717, 1.165) is 0 Å². The Morgan fingerprint density at radius 2 is 1.65 bits per heavy atom. The highest BCUT2D eigenvalue weighted by Gasteiger charge is 2.35. The number of hydrogen-bond acceptors (Lipinski definition) is 2. The van der Waals surface area contributed by atoms with Crippen LogP contribution in [0.15, 0.2) is 6.07 Å². The van der Waals surface area contributed by atoms with E-state index in [1.165, 1.54) is 4.90 Å². The van der Waals surface area contributed by atoms with E-state index in [4.69, 9.17) is 0 Å². The molecule has 3 unspecified atom stereocenters. The molecule has 1 aliphatic rings. The summed E-state index contributed by atoms with van der Waals surface area (Å²) in [6.07, 6.45) is 0.652. The van der Waals surface area contributed by atoms with Crippen LogP contribution in [0.25, 0.3) is 0 Å². The number of nitrogens with one attached hydrogen (secondary N) is 1. The van der Waals surface area contributed by atoms with Gasteiger partial charge in [0.25, 0.3) is 0 Å². The SMILES string of the molecule is CNC1CCN(c2c(F)c(F)cc(F)c2F)C(C)C1C. The maximum Gasteiger partial charge on any atom is 0.185 e. The van der Waals surface area contributed by atoms with E-state index in [0.29, 0.717) is 13.0 Å². The molecule has 0 radical (unpaired) electrons. The zero-order valence-corrected chi connectivity index (χ0v) is 11.7. The van der Waals surface area contributed by atoms with E-state index < -0.39 is 29.0 Å². The number of rotatable bonds is 2. The molecule has 1 saturated heterocycles. The van der Waals surface area contributed by atoms with E-state index in [-0.39, 0.29) is 24.1 Å². The smallest absolute Gasteiger partial charge is 0.185 e. The Morgan fingerprint density at radius 3 is 2.15 bits per heavy atom. The molecular weight excluding hydrogens is 272 g/mol. The van der Waals surface area contributed by atoms with Crippen LogP contribution >= 0.6 is 0 Å². The molecule has 3 atom stereocenters. The lowest BCUT2D eigenvalue weighted by molar-refractivity contribution is 0.278. The van der Waals surface area contributed by atoms with Gasteiger partial charge < -0.3 is 10.2 Å². The van der Waals surface area contributed by atoms with E-state index in [1.807, 2.05) is 14.0 Å². The minimum absolute atomic E-state index is 0.0962. The number of benzene rings is 1. The average molecular weight is 290 g/mol. The first-order valence-corrected chi connectivity index (χ1v) is 6.65. The summed E-state index contributed by atoms with van der Waals surface area (Å²) in [6, 6.07) is 0.222. The molecule has 20 heavy (non-hydrogen) atoms. The first kappa shape index (κ1) is 15.1. The summed E-state index contributed by atoms with van der Waals surface area (Å²) in [5.74, 6) is -5.29. The molecule has 0 amide bonds. The fraction of sp³-hybridized carbons (Fsp3) is 0.571. The summed E-state index contributed by atoms with van der Waals surface area (Å²) in [6.45, 7) is 4.09. The van der Waals surface area contributed by atoms with Gasteiger partial charge in [-0.2, -0.15) is 0 Å². The molecule has 0 aromatic heterocycles. The Balaban J connectivity index is 2.42. The molecule has 1 fully saturated rings. The second-order valence-electron chi connectivity index (χ2n) is 5.29. The Morgan fingerprint density at radius 1 is 1.10 bits per heavy atom. The average Bonchev–Trinajstić information content (AvgIpc) is 2.41. The molecule has 2 rings (SSSR count). The first-order chi connectivity index (χ1) is 9.38. The van der Waals surface area contributed by atoms with Gasteiger partial charge in [-0.15, -0.1) is 0 Å². The van der Waals surface area contributed by atoms with Gasteiger partial charge in [0.1, 0.15) is 5.69 Å². The maximum atomic E-state index is 13.9. The number of piperidine rings is 1. The van der Waals surface area contributed by atoms with Crippen molar-refractivity contribution in [1.29, 1.82) is 0 Å². The van der Waals surface area contributed by atoms with Crippen molar-refractivity contribution in [3.63, 3.8) is 0 Å². The lowest BCUT2D eigenvalue weighted by Gasteiger charge is -2.44. The molecular formula is C14H18F4N2. The number of halogens is 4. The standard InChI is InChI=1S/C14H18F4N2/c1-7-8(2)20(5-4-11(7)19-3)14-12(17)9(15)6-10(16)13(14)18/h6-8,11,19H,4-5H2,1-3H3. The van der Waals surface area contributed by atoms with E-state index in [9.17, 15) is 17.6 Å². The molecule has 0 saturated carbocycles. The molecule has 2 nitrogen and oxygen atoms in total. The normalized spacial score (nSPS) is 26.9. The van der Waals surface area contributed by atoms with Gasteiger partial charge >= 0.3 is 0 Å². The highest BCUT2D eigenvalue weighted by atomic mass is 19.2. The summed E-state index contributed by atoms with van der Waals surface area (Å²) in [5, 5.41) is 3.15. The van der Waals surface area contributed by atoms with Crippen molar-refractivity contribution in [2.45, 2.75) is 32.4 Å². The minimum atomic E-state index is -1.37. The fourth-order valence-corrected chi connectivity index (χ4v) is 2.90. The zero-order chi connectivity index (χ0) is 15.0. The van der Waals surface area contributed by atoms with Crippen LogP contribution in [0.4, 0.5) is 23.2 Å². The third-order valence-corrected chi connectivity index (χ3v) is 4.31. The second kappa shape index (κ2) is 5.60. The van der Waals surface area contributed by atoms with Crippen molar-refractivity contribution in [3.05, 3.63) is 29.3 Å². The van der Waals surface area contributed by atoms with Crippen molar-refractivity contribution < 1.29 is 17.6 Å². The van der Waals surface area contributed by atoms with E-state index in [1.54, 1.807) is 6.92 Å². The van der Waals surface area contributed by atoms with Gasteiger partial charge in [0.15, 0.2) is 23.3 Å². The maximum absolute atomic E-state index is 13.9. The summed E-state index contributed by atoms with van der Waals surface area (Å²) < 4.78 is 54.4. The van der Waals surface area contributed by atoms with Crippen LogP contribution in [0, 0.1) is 29.2 Å². The van der Waals surface area contributed by atoms with Crippen LogP contribution in [0.3, 0.4) is 0 Å². The molecule has 112 valence electrons. The van der Waals surface area contributed by atoms with Crippen molar-refractivity contribution in [3.8, 4) is 0 Å². The van der Waals surface area contributed by atoms with E-state index >= 15 is 0 Å². The Bertz CT molecular complexity index is 480. The molecule has 0 spiro atoms. The predicted molar refractivity (Wildman–Crippen MR) is 69.7 cm³/mol. The first-order valence-electron chi connectivity index (χ1n) is 6.65. The Kier molecular flexibility index (Phi) is 4.22. The van der Waals surface area contributed by atoms with Crippen LogP contribution in [0.5, 0.6) is 0 Å². The van der Waals surface area contributed by atoms with Crippen LogP contribution in [0.1, 0.15) is 20.3 Å². The van der Waals surface area contributed by atoms with Crippen molar-refractivity contribution >= 4 is 5.69 Å². The zero-order valence-electron chi connectivity index (χ0n) is 11.7. The summed E-state index contributed by atoms with van der Waals surface area (Å²) in [5.41, 5.74) is -0.601. The summed E-state index contributed by atoms with van der Waals surface area (Å²) >= 11 is 0. The third-order valence-electron chi connectivity index (χ3n) is 4.31. The van der Waals surface area contributed by atoms with Gasteiger partial charge in [-0.05, 0) is 26.3 Å². The fourth-order valence-electron chi connectivity index (χ4n) is 2.90. The summed E-state index contributed by atoms with van der Waals surface area (Å²) in [7, 11) is 1.83. The highest BCUT2D eigenvalue weighted by Crippen LogP contribution is 2.34. The van der Waals surface area contributed by atoms with Gasteiger partial charge in [0.05, 0.1) is 0 Å². The molecule has 1 N–H and O–H groups in total. The molecule has 1 aromatic rings. The van der Waals surface area contributed by atoms with Crippen molar-refractivity contribution in [2.75, 3.05) is 18.5 Å². The third kappa shape index (κ3) is 2.37. The van der Waals surface area contributed by atoms with Crippen LogP contribution < -0.4 is 10.2 Å². The van der Waals surface area contributed by atoms with Crippen LogP contribution in [-0.4, -0.2) is 25.7 Å². The summed E-state index contributed by atoms with van der Waals surface area (Å²) in [4.78, 5) is 1.41. The quantitative estimate of drug-likeness (QED) is 0.665. The van der Waals surface area contributed by atoms with Gasteiger partial charge in [-0.1, -0.05) is 6.92 Å². The molecule has 1 aliphatic heterocycles. The number of anilines is 1. The van der Waals surface area contributed by atoms with Crippen LogP contribution in [0.2, 0.25) is 0 Å². The monoisotopic (exact) mass is 290 g/mol. The predicted octanol–water partition coefficient (Wildman–Crippen LogP) is 3.07. The molecule has 0 aliphatic carbocycles. The Labute approximate surface area is 115 Å². The lowest BCUT2D eigenvalue weighted by Crippen LogP contribution is -2.53. The molecule has 6 heteroatoms. The van der Waals surface area contributed by atoms with Gasteiger partial charge in [0, 0.05) is 24.7 Å².